The van der Waals surface area contributed by atoms with Crippen molar-refractivity contribution in [2.75, 3.05) is 40.8 Å². The molecular weight excluding hydrogens is 334 g/mol. The zero-order chi connectivity index (χ0) is 17.5. The lowest BCUT2D eigenvalue weighted by molar-refractivity contribution is 0.0550. The number of methoxy groups -OCH3 is 1. The van der Waals surface area contributed by atoms with Gasteiger partial charge >= 0.3 is 0 Å². The molecule has 2 bridgehead atoms. The van der Waals surface area contributed by atoms with Crippen molar-refractivity contribution in [3.05, 3.63) is 17.9 Å². The summed E-state index contributed by atoms with van der Waals surface area (Å²) < 4.78 is 38.0. The zero-order valence-electron chi connectivity index (χ0n) is 14.1. The average molecular weight is 357 g/mol. The van der Waals surface area contributed by atoms with Gasteiger partial charge in [-0.2, -0.15) is 17.0 Å². The molecule has 1 aromatic rings. The predicted octanol–water partition coefficient (Wildman–Crippen LogP) is 0.631. The van der Waals surface area contributed by atoms with Gasteiger partial charge in [0.1, 0.15) is 0 Å². The van der Waals surface area contributed by atoms with Gasteiger partial charge in [0.05, 0.1) is 7.11 Å². The third-order valence-electron chi connectivity index (χ3n) is 4.72. The number of carbonyl (C=O) groups is 1. The van der Waals surface area contributed by atoms with Crippen molar-refractivity contribution in [3.63, 3.8) is 0 Å². The molecule has 1 aromatic heterocycles. The highest BCUT2D eigenvalue weighted by atomic mass is 32.2. The molecule has 3 saturated heterocycles. The van der Waals surface area contributed by atoms with Crippen LogP contribution in [0.4, 0.5) is 0 Å². The summed E-state index contributed by atoms with van der Waals surface area (Å²) >= 11 is 0. The Morgan fingerprint density at radius 2 is 2.00 bits per heavy atom. The highest BCUT2D eigenvalue weighted by Gasteiger charge is 2.42. The molecule has 3 aliphatic rings. The minimum absolute atomic E-state index is 0.137. The van der Waals surface area contributed by atoms with E-state index in [-0.39, 0.29) is 29.6 Å². The summed E-state index contributed by atoms with van der Waals surface area (Å²) in [6.07, 6.45) is 1.73. The third kappa shape index (κ3) is 3.03. The Kier molecular flexibility index (Phi) is 4.58. The van der Waals surface area contributed by atoms with E-state index >= 15 is 0 Å². The second kappa shape index (κ2) is 6.38. The van der Waals surface area contributed by atoms with Crippen LogP contribution in [0.15, 0.2) is 16.5 Å². The van der Waals surface area contributed by atoms with E-state index in [4.69, 9.17) is 9.15 Å². The fraction of sp³-hybridized carbons (Fsp3) is 0.667. The van der Waals surface area contributed by atoms with Crippen molar-refractivity contribution in [2.45, 2.75) is 18.9 Å². The topological polar surface area (TPSA) is 83.3 Å². The van der Waals surface area contributed by atoms with Crippen molar-refractivity contribution in [1.29, 1.82) is 0 Å². The van der Waals surface area contributed by atoms with Gasteiger partial charge in [-0.25, -0.2) is 0 Å². The van der Waals surface area contributed by atoms with Gasteiger partial charge in [0, 0.05) is 45.8 Å². The van der Waals surface area contributed by atoms with E-state index in [1.807, 2.05) is 0 Å². The molecule has 2 atom stereocenters. The maximum Gasteiger partial charge on any atom is 0.290 e. The minimum Gasteiger partial charge on any atom is -0.468 e. The molecule has 1 amide bonds. The van der Waals surface area contributed by atoms with Crippen LogP contribution in [0.3, 0.4) is 0 Å². The molecule has 9 heteroatoms. The molecular formula is C15H23N3O5S. The summed E-state index contributed by atoms with van der Waals surface area (Å²) in [5.74, 6) is 0.438. The SMILES string of the molecule is COc1ccc(C(=O)N2C[C@@H]3CC[C@H]2CN(S(=O)(=O)N(C)C)C3)o1. The van der Waals surface area contributed by atoms with Gasteiger partial charge in [-0.3, -0.25) is 4.79 Å². The van der Waals surface area contributed by atoms with Gasteiger partial charge in [0.25, 0.3) is 22.1 Å². The number of nitrogens with zero attached hydrogens (tertiary/aromatic N) is 3. The Labute approximate surface area is 142 Å². The zero-order valence-corrected chi connectivity index (χ0v) is 15.0. The molecule has 3 aliphatic heterocycles. The lowest BCUT2D eigenvalue weighted by Crippen LogP contribution is -2.48. The molecule has 0 radical (unpaired) electrons. The van der Waals surface area contributed by atoms with E-state index in [9.17, 15) is 13.2 Å². The van der Waals surface area contributed by atoms with Crippen molar-refractivity contribution >= 4 is 16.1 Å². The number of fused-ring (bicyclic) bond motifs is 4. The average Bonchev–Trinajstić information content (AvgIpc) is 2.84. The van der Waals surface area contributed by atoms with Gasteiger partial charge in [-0.15, -0.1) is 0 Å². The van der Waals surface area contributed by atoms with Crippen LogP contribution in [0.25, 0.3) is 0 Å². The van der Waals surface area contributed by atoms with Gasteiger partial charge in [0.2, 0.25) is 0 Å². The summed E-state index contributed by atoms with van der Waals surface area (Å²) in [6, 6.07) is 3.06. The fourth-order valence-corrected chi connectivity index (χ4v) is 4.61. The second-order valence-electron chi connectivity index (χ2n) is 6.48. The third-order valence-corrected chi connectivity index (χ3v) is 6.60. The van der Waals surface area contributed by atoms with E-state index < -0.39 is 10.2 Å². The number of carbonyl (C=O) groups excluding carboxylic acids is 1. The molecule has 0 unspecified atom stereocenters. The first kappa shape index (κ1) is 17.2. The van der Waals surface area contributed by atoms with E-state index in [1.54, 1.807) is 17.0 Å². The first-order chi connectivity index (χ1) is 11.3. The summed E-state index contributed by atoms with van der Waals surface area (Å²) in [7, 11) is 1.06. The molecule has 0 spiro atoms. The number of piperidine rings is 1. The van der Waals surface area contributed by atoms with Crippen LogP contribution in [0, 0.1) is 5.92 Å². The molecule has 0 aliphatic carbocycles. The first-order valence-electron chi connectivity index (χ1n) is 7.95. The van der Waals surface area contributed by atoms with E-state index in [1.165, 1.54) is 29.8 Å². The van der Waals surface area contributed by atoms with Crippen molar-refractivity contribution in [2.24, 2.45) is 5.92 Å². The maximum atomic E-state index is 12.8. The molecule has 134 valence electrons. The number of furan rings is 1. The molecule has 8 nitrogen and oxygen atoms in total. The predicted molar refractivity (Wildman–Crippen MR) is 87.0 cm³/mol. The normalized spacial score (nSPS) is 25.1. The van der Waals surface area contributed by atoms with Crippen molar-refractivity contribution in [1.82, 2.24) is 13.5 Å². The van der Waals surface area contributed by atoms with Crippen LogP contribution in [0.2, 0.25) is 0 Å². The van der Waals surface area contributed by atoms with E-state index in [0.29, 0.717) is 19.6 Å². The standard InChI is InChI=1S/C15H23N3O5S/c1-16(2)24(20,21)17-8-11-4-5-12(10-17)18(9-11)15(19)13-6-7-14(22-3)23-13/h6-7,11-12H,4-5,8-10H2,1-3H3/t11-,12+/m1/s1. The number of hydrogen-bond donors (Lipinski definition) is 0. The molecule has 0 saturated carbocycles. The van der Waals surface area contributed by atoms with Gasteiger partial charge in [-0.1, -0.05) is 0 Å². The van der Waals surface area contributed by atoms with E-state index in [2.05, 4.69) is 0 Å². The Morgan fingerprint density at radius 1 is 1.25 bits per heavy atom. The van der Waals surface area contributed by atoms with E-state index in [0.717, 1.165) is 12.8 Å². The molecule has 4 heterocycles. The fourth-order valence-electron chi connectivity index (χ4n) is 3.39. The van der Waals surface area contributed by atoms with Crippen LogP contribution in [0.1, 0.15) is 23.4 Å². The monoisotopic (exact) mass is 357 g/mol. The quantitative estimate of drug-likeness (QED) is 0.789. The van der Waals surface area contributed by atoms with Gasteiger partial charge in [-0.05, 0) is 24.8 Å². The number of amides is 1. The smallest absolute Gasteiger partial charge is 0.290 e. The Balaban J connectivity index is 1.82. The lowest BCUT2D eigenvalue weighted by Gasteiger charge is -2.35. The summed E-state index contributed by atoms with van der Waals surface area (Å²) in [5.41, 5.74) is 0. The minimum atomic E-state index is -3.48. The maximum absolute atomic E-state index is 12.8. The van der Waals surface area contributed by atoms with Gasteiger partial charge < -0.3 is 14.1 Å². The van der Waals surface area contributed by atoms with Crippen molar-refractivity contribution < 1.29 is 22.4 Å². The number of rotatable bonds is 4. The Bertz CT molecular complexity index is 714. The first-order valence-corrected chi connectivity index (χ1v) is 9.35. The molecule has 24 heavy (non-hydrogen) atoms. The summed E-state index contributed by atoms with van der Waals surface area (Å²) in [4.78, 5) is 14.5. The molecule has 3 fully saturated rings. The van der Waals surface area contributed by atoms with Gasteiger partial charge in [0.15, 0.2) is 5.76 Å². The molecule has 0 aromatic carbocycles. The van der Waals surface area contributed by atoms with Crippen molar-refractivity contribution in [3.8, 4) is 5.95 Å². The highest BCUT2D eigenvalue weighted by Crippen LogP contribution is 2.31. The largest absolute Gasteiger partial charge is 0.468 e. The summed E-state index contributed by atoms with van der Waals surface area (Å²) in [6.45, 7) is 1.31. The molecule has 4 rings (SSSR count). The molecule has 0 N–H and O–H groups in total. The van der Waals surface area contributed by atoms with Crippen LogP contribution >= 0.6 is 0 Å². The van der Waals surface area contributed by atoms with Crippen LogP contribution in [-0.2, 0) is 10.2 Å². The Morgan fingerprint density at radius 3 is 2.62 bits per heavy atom. The lowest BCUT2D eigenvalue weighted by atomic mass is 9.95. The van der Waals surface area contributed by atoms with Crippen LogP contribution in [-0.4, -0.2) is 74.7 Å². The number of hydrogen-bond acceptors (Lipinski definition) is 5. The number of ether oxygens (including phenoxy) is 1. The Hall–Kier alpha value is -1.58. The highest BCUT2D eigenvalue weighted by molar-refractivity contribution is 7.86. The van der Waals surface area contributed by atoms with Crippen LogP contribution in [0.5, 0.6) is 5.95 Å². The second-order valence-corrected chi connectivity index (χ2v) is 8.63. The summed E-state index contributed by atoms with van der Waals surface area (Å²) in [5, 5.41) is 0. The van der Waals surface area contributed by atoms with Crippen LogP contribution < -0.4 is 4.74 Å².